The second kappa shape index (κ2) is 6.10. The van der Waals surface area contributed by atoms with Crippen LogP contribution in [0.2, 0.25) is 5.02 Å². The first-order valence-corrected chi connectivity index (χ1v) is 8.17. The summed E-state index contributed by atoms with van der Waals surface area (Å²) >= 11 is 7.77. The van der Waals surface area contributed by atoms with Gasteiger partial charge in [0.1, 0.15) is 22.2 Å². The first-order valence-electron chi connectivity index (χ1n) is 6.98. The molecule has 0 saturated carbocycles. The van der Waals surface area contributed by atoms with Crippen molar-refractivity contribution in [1.82, 2.24) is 9.97 Å². The Morgan fingerprint density at radius 3 is 2.82 bits per heavy atom. The fraction of sp³-hybridized carbons (Fsp3) is 0.250. The van der Waals surface area contributed by atoms with Gasteiger partial charge in [-0.25, -0.2) is 9.97 Å². The van der Waals surface area contributed by atoms with Crippen molar-refractivity contribution in [2.24, 2.45) is 0 Å². The number of hydrogen-bond donors (Lipinski definition) is 1. The lowest BCUT2D eigenvalue weighted by Crippen LogP contribution is -2.01. The van der Waals surface area contributed by atoms with Crippen LogP contribution < -0.4 is 10.1 Å². The van der Waals surface area contributed by atoms with Gasteiger partial charge in [0.15, 0.2) is 0 Å². The highest BCUT2D eigenvalue weighted by molar-refractivity contribution is 7.18. The fourth-order valence-corrected chi connectivity index (χ4v) is 3.32. The number of nitrogens with one attached hydrogen (secondary N) is 1. The van der Waals surface area contributed by atoms with Crippen molar-refractivity contribution in [1.29, 1.82) is 0 Å². The predicted octanol–water partition coefficient (Wildman–Crippen LogP) is 4.97. The molecule has 0 spiro atoms. The number of anilines is 2. The minimum atomic E-state index is 0.644. The molecule has 6 heteroatoms. The Labute approximate surface area is 138 Å². The lowest BCUT2D eigenvalue weighted by atomic mass is 10.2. The second-order valence-corrected chi connectivity index (χ2v) is 6.56. The molecule has 3 rings (SSSR count). The van der Waals surface area contributed by atoms with E-state index in [1.54, 1.807) is 24.5 Å². The highest BCUT2D eigenvalue weighted by atomic mass is 35.5. The van der Waals surface area contributed by atoms with Crippen molar-refractivity contribution in [2.45, 2.75) is 20.3 Å². The first-order chi connectivity index (χ1) is 10.6. The standard InChI is InChI=1S/C16H16ClN3OS/c1-4-14-19-15(11-7-9(2)22-16(11)20-14)18-12-8-10(17)5-6-13(12)21-3/h5-8H,4H2,1-3H3,(H,18,19,20). The van der Waals surface area contributed by atoms with Gasteiger partial charge in [-0.2, -0.15) is 0 Å². The molecule has 0 aliphatic carbocycles. The van der Waals surface area contributed by atoms with Gasteiger partial charge < -0.3 is 10.1 Å². The number of hydrogen-bond acceptors (Lipinski definition) is 5. The van der Waals surface area contributed by atoms with Gasteiger partial charge >= 0.3 is 0 Å². The lowest BCUT2D eigenvalue weighted by molar-refractivity contribution is 0.417. The maximum absolute atomic E-state index is 6.09. The number of thiophene rings is 1. The van der Waals surface area contributed by atoms with Gasteiger partial charge in [-0.05, 0) is 31.2 Å². The van der Waals surface area contributed by atoms with E-state index in [9.17, 15) is 0 Å². The summed E-state index contributed by atoms with van der Waals surface area (Å²) in [5.41, 5.74) is 0.793. The molecule has 2 aromatic heterocycles. The summed E-state index contributed by atoms with van der Waals surface area (Å²) in [6, 6.07) is 7.56. The molecule has 2 heterocycles. The van der Waals surface area contributed by atoms with Crippen molar-refractivity contribution >= 4 is 44.7 Å². The Hall–Kier alpha value is -1.85. The smallest absolute Gasteiger partial charge is 0.143 e. The number of methoxy groups -OCH3 is 1. The lowest BCUT2D eigenvalue weighted by Gasteiger charge is -2.12. The third kappa shape index (κ3) is 2.87. The molecule has 0 fully saturated rings. The van der Waals surface area contributed by atoms with Gasteiger partial charge in [-0.1, -0.05) is 18.5 Å². The second-order valence-electron chi connectivity index (χ2n) is 4.89. The zero-order chi connectivity index (χ0) is 15.7. The summed E-state index contributed by atoms with van der Waals surface area (Å²) in [5, 5.41) is 5.00. The molecule has 0 bridgehead atoms. The number of aromatic nitrogens is 2. The molecule has 0 unspecified atom stereocenters. The van der Waals surface area contributed by atoms with E-state index < -0.39 is 0 Å². The Morgan fingerprint density at radius 1 is 1.27 bits per heavy atom. The van der Waals surface area contributed by atoms with Crippen LogP contribution in [0.3, 0.4) is 0 Å². The van der Waals surface area contributed by atoms with Crippen LogP contribution >= 0.6 is 22.9 Å². The van der Waals surface area contributed by atoms with Crippen LogP contribution in [0.1, 0.15) is 17.6 Å². The van der Waals surface area contributed by atoms with Crippen LogP contribution in [-0.4, -0.2) is 17.1 Å². The topological polar surface area (TPSA) is 47.0 Å². The zero-order valence-corrected chi connectivity index (χ0v) is 14.2. The van der Waals surface area contributed by atoms with Crippen LogP contribution in [0.25, 0.3) is 10.2 Å². The summed E-state index contributed by atoms with van der Waals surface area (Å²) in [6.07, 6.45) is 0.786. The molecule has 4 nitrogen and oxygen atoms in total. The van der Waals surface area contributed by atoms with Gasteiger partial charge in [0.2, 0.25) is 0 Å². The van der Waals surface area contributed by atoms with E-state index in [0.29, 0.717) is 5.02 Å². The third-order valence-electron chi connectivity index (χ3n) is 3.29. The minimum absolute atomic E-state index is 0.644. The summed E-state index contributed by atoms with van der Waals surface area (Å²) in [4.78, 5) is 11.4. The normalized spacial score (nSPS) is 10.9. The molecule has 114 valence electrons. The van der Waals surface area contributed by atoms with Crippen molar-refractivity contribution in [3.8, 4) is 5.75 Å². The minimum Gasteiger partial charge on any atom is -0.495 e. The predicted molar refractivity (Wildman–Crippen MR) is 92.8 cm³/mol. The summed E-state index contributed by atoms with van der Waals surface area (Å²) < 4.78 is 5.38. The number of halogens is 1. The monoisotopic (exact) mass is 333 g/mol. The molecule has 0 amide bonds. The van der Waals surface area contributed by atoms with E-state index in [1.807, 2.05) is 19.1 Å². The van der Waals surface area contributed by atoms with Crippen molar-refractivity contribution in [3.05, 3.63) is 40.0 Å². The number of benzene rings is 1. The molecular formula is C16H16ClN3OS. The molecule has 1 aromatic carbocycles. The molecule has 0 saturated heterocycles. The molecule has 0 radical (unpaired) electrons. The largest absolute Gasteiger partial charge is 0.495 e. The molecule has 0 aliphatic rings. The average molecular weight is 334 g/mol. The molecular weight excluding hydrogens is 318 g/mol. The number of nitrogens with zero attached hydrogens (tertiary/aromatic N) is 2. The Bertz CT molecular complexity index is 832. The van der Waals surface area contributed by atoms with Crippen LogP contribution in [0.4, 0.5) is 11.5 Å². The zero-order valence-electron chi connectivity index (χ0n) is 12.6. The van der Waals surface area contributed by atoms with Gasteiger partial charge in [0.05, 0.1) is 18.2 Å². The van der Waals surface area contributed by atoms with Gasteiger partial charge in [0, 0.05) is 16.3 Å². The van der Waals surface area contributed by atoms with E-state index in [2.05, 4.69) is 28.3 Å². The maximum Gasteiger partial charge on any atom is 0.143 e. The quantitative estimate of drug-likeness (QED) is 0.732. The van der Waals surface area contributed by atoms with Crippen LogP contribution in [-0.2, 0) is 6.42 Å². The van der Waals surface area contributed by atoms with Gasteiger partial charge in [0.25, 0.3) is 0 Å². The maximum atomic E-state index is 6.09. The Morgan fingerprint density at radius 2 is 2.09 bits per heavy atom. The molecule has 22 heavy (non-hydrogen) atoms. The highest BCUT2D eigenvalue weighted by Gasteiger charge is 2.12. The van der Waals surface area contributed by atoms with Gasteiger partial charge in [-0.3, -0.25) is 0 Å². The van der Waals surface area contributed by atoms with E-state index in [4.69, 9.17) is 16.3 Å². The summed E-state index contributed by atoms with van der Waals surface area (Å²) in [7, 11) is 1.64. The first kappa shape index (κ1) is 15.1. The van der Waals surface area contributed by atoms with E-state index >= 15 is 0 Å². The van der Waals surface area contributed by atoms with Crippen LogP contribution in [0.15, 0.2) is 24.3 Å². The number of aryl methyl sites for hydroxylation is 2. The van der Waals surface area contributed by atoms with Crippen molar-refractivity contribution in [3.63, 3.8) is 0 Å². The Kier molecular flexibility index (Phi) is 4.18. The highest BCUT2D eigenvalue weighted by Crippen LogP contribution is 2.34. The average Bonchev–Trinajstić information content (AvgIpc) is 2.88. The van der Waals surface area contributed by atoms with Gasteiger partial charge in [-0.15, -0.1) is 11.3 Å². The molecule has 1 N–H and O–H groups in total. The SMILES string of the molecule is CCc1nc(Nc2cc(Cl)ccc2OC)c2cc(C)sc2n1. The van der Waals surface area contributed by atoms with E-state index in [-0.39, 0.29) is 0 Å². The van der Waals surface area contributed by atoms with E-state index in [1.165, 1.54) is 4.88 Å². The van der Waals surface area contributed by atoms with Crippen LogP contribution in [0.5, 0.6) is 5.75 Å². The summed E-state index contributed by atoms with van der Waals surface area (Å²) in [6.45, 7) is 4.12. The fourth-order valence-electron chi connectivity index (χ4n) is 2.24. The third-order valence-corrected chi connectivity index (χ3v) is 4.47. The van der Waals surface area contributed by atoms with Crippen molar-refractivity contribution < 1.29 is 4.74 Å². The molecule has 0 aliphatic heterocycles. The summed E-state index contributed by atoms with van der Waals surface area (Å²) in [5.74, 6) is 2.32. The number of ether oxygens (including phenoxy) is 1. The molecule has 0 atom stereocenters. The molecule has 3 aromatic rings. The number of fused-ring (bicyclic) bond motifs is 1. The van der Waals surface area contributed by atoms with E-state index in [0.717, 1.165) is 39.7 Å². The van der Waals surface area contributed by atoms with Crippen LogP contribution in [0, 0.1) is 6.92 Å². The Balaban J connectivity index is 2.12. The van der Waals surface area contributed by atoms with Crippen molar-refractivity contribution in [2.75, 3.05) is 12.4 Å². The number of rotatable bonds is 4.